The first-order chi connectivity index (χ1) is 8.74. The molecule has 0 saturated carbocycles. The number of fused-ring (bicyclic) bond motifs is 1. The fourth-order valence-electron chi connectivity index (χ4n) is 2.62. The molecule has 0 bridgehead atoms. The zero-order valence-corrected chi connectivity index (χ0v) is 10.1. The summed E-state index contributed by atoms with van der Waals surface area (Å²) >= 11 is 0. The Balaban J connectivity index is 1.95. The minimum Gasteiger partial charge on any atom is -0.312 e. The molecule has 5 heteroatoms. The van der Waals surface area contributed by atoms with Gasteiger partial charge in [0.15, 0.2) is 0 Å². The molecule has 0 radical (unpaired) electrons. The van der Waals surface area contributed by atoms with Gasteiger partial charge in [-0.25, -0.2) is 9.18 Å². The van der Waals surface area contributed by atoms with E-state index in [1.54, 1.807) is 10.6 Å². The van der Waals surface area contributed by atoms with E-state index in [2.05, 4.69) is 10.3 Å². The van der Waals surface area contributed by atoms with Gasteiger partial charge in [0.05, 0.1) is 11.0 Å². The summed E-state index contributed by atoms with van der Waals surface area (Å²) in [6.45, 7) is 1.65. The summed E-state index contributed by atoms with van der Waals surface area (Å²) in [5.74, 6) is -0.327. The highest BCUT2D eigenvalue weighted by molar-refractivity contribution is 5.75. The summed E-state index contributed by atoms with van der Waals surface area (Å²) < 4.78 is 14.8. The molecule has 0 spiro atoms. The highest BCUT2D eigenvalue weighted by Crippen LogP contribution is 2.14. The van der Waals surface area contributed by atoms with Crippen molar-refractivity contribution < 1.29 is 4.39 Å². The molecule has 1 saturated heterocycles. The molecule has 3 rings (SSSR count). The van der Waals surface area contributed by atoms with E-state index in [1.165, 1.54) is 25.0 Å². The molecule has 2 aromatic rings. The molecule has 2 heterocycles. The lowest BCUT2D eigenvalue weighted by Crippen LogP contribution is -2.39. The Bertz CT molecular complexity index is 610. The molecule has 1 aromatic carbocycles. The average Bonchev–Trinajstić information content (AvgIpc) is 2.66. The van der Waals surface area contributed by atoms with Crippen LogP contribution in [0.4, 0.5) is 4.39 Å². The van der Waals surface area contributed by atoms with Crippen LogP contribution in [-0.2, 0) is 6.54 Å². The highest BCUT2D eigenvalue weighted by atomic mass is 19.1. The quantitative estimate of drug-likeness (QED) is 0.849. The van der Waals surface area contributed by atoms with Crippen molar-refractivity contribution in [3.63, 3.8) is 0 Å². The molecule has 2 N–H and O–H groups in total. The summed E-state index contributed by atoms with van der Waals surface area (Å²) in [6.07, 6.45) is 3.48. The first-order valence-corrected chi connectivity index (χ1v) is 6.35. The summed E-state index contributed by atoms with van der Waals surface area (Å²) in [5, 5.41) is 3.41. The van der Waals surface area contributed by atoms with Crippen molar-refractivity contribution in [1.29, 1.82) is 0 Å². The van der Waals surface area contributed by atoms with Crippen LogP contribution in [0.25, 0.3) is 11.0 Å². The molecular weight excluding hydrogens is 233 g/mol. The number of nitrogens with one attached hydrogen (secondary N) is 2. The smallest absolute Gasteiger partial charge is 0.312 e. The van der Waals surface area contributed by atoms with Gasteiger partial charge in [-0.3, -0.25) is 4.57 Å². The molecule has 96 valence electrons. The van der Waals surface area contributed by atoms with Crippen LogP contribution in [0.3, 0.4) is 0 Å². The van der Waals surface area contributed by atoms with Crippen LogP contribution in [0.2, 0.25) is 0 Å². The van der Waals surface area contributed by atoms with E-state index < -0.39 is 0 Å². The summed E-state index contributed by atoms with van der Waals surface area (Å²) in [6, 6.07) is 4.74. The Morgan fingerprint density at radius 2 is 2.28 bits per heavy atom. The lowest BCUT2D eigenvalue weighted by Gasteiger charge is -2.23. The minimum atomic E-state index is -0.327. The van der Waals surface area contributed by atoms with Crippen LogP contribution >= 0.6 is 0 Å². The first-order valence-electron chi connectivity index (χ1n) is 6.35. The standard InChI is InChI=1S/C13H16FN3O/c14-9-4-5-12-11(7-9)16-13(18)17(12)8-10-3-1-2-6-15-10/h4-5,7,10,15H,1-3,6,8H2,(H,16,18). The normalized spacial score (nSPS) is 20.4. The SMILES string of the molecule is O=c1[nH]c2cc(F)ccc2n1CC1CCCCN1. The van der Waals surface area contributed by atoms with Crippen LogP contribution in [0.15, 0.2) is 23.0 Å². The molecule has 1 atom stereocenters. The number of nitrogens with zero attached hydrogens (tertiary/aromatic N) is 1. The fraction of sp³-hybridized carbons (Fsp3) is 0.462. The van der Waals surface area contributed by atoms with Crippen LogP contribution in [-0.4, -0.2) is 22.1 Å². The Kier molecular flexibility index (Phi) is 2.91. The Morgan fingerprint density at radius 1 is 1.39 bits per heavy atom. The van der Waals surface area contributed by atoms with Gasteiger partial charge in [0, 0.05) is 12.6 Å². The van der Waals surface area contributed by atoms with Gasteiger partial charge in [0.1, 0.15) is 5.82 Å². The van der Waals surface area contributed by atoms with E-state index >= 15 is 0 Å². The summed E-state index contributed by atoms with van der Waals surface area (Å²) in [4.78, 5) is 14.6. The largest absolute Gasteiger partial charge is 0.326 e. The van der Waals surface area contributed by atoms with Gasteiger partial charge in [-0.2, -0.15) is 0 Å². The number of imidazole rings is 1. The number of aromatic amines is 1. The third-order valence-electron chi connectivity index (χ3n) is 3.55. The predicted molar refractivity (Wildman–Crippen MR) is 68.2 cm³/mol. The maximum absolute atomic E-state index is 13.1. The van der Waals surface area contributed by atoms with Gasteiger partial charge in [-0.1, -0.05) is 6.42 Å². The van der Waals surface area contributed by atoms with Crippen molar-refractivity contribution in [3.05, 3.63) is 34.5 Å². The third kappa shape index (κ3) is 2.06. The lowest BCUT2D eigenvalue weighted by atomic mass is 10.1. The fourth-order valence-corrected chi connectivity index (χ4v) is 2.62. The lowest BCUT2D eigenvalue weighted by molar-refractivity contribution is 0.363. The van der Waals surface area contributed by atoms with E-state index in [0.29, 0.717) is 18.1 Å². The van der Waals surface area contributed by atoms with E-state index in [4.69, 9.17) is 0 Å². The number of H-pyrrole nitrogens is 1. The summed E-state index contributed by atoms with van der Waals surface area (Å²) in [7, 11) is 0. The van der Waals surface area contributed by atoms with Gasteiger partial charge in [0.2, 0.25) is 0 Å². The second kappa shape index (κ2) is 4.57. The van der Waals surface area contributed by atoms with E-state index in [1.807, 2.05) is 0 Å². The minimum absolute atomic E-state index is 0.164. The highest BCUT2D eigenvalue weighted by Gasteiger charge is 2.16. The van der Waals surface area contributed by atoms with Crippen LogP contribution in [0.1, 0.15) is 19.3 Å². The third-order valence-corrected chi connectivity index (χ3v) is 3.55. The second-order valence-corrected chi connectivity index (χ2v) is 4.85. The van der Waals surface area contributed by atoms with Gasteiger partial charge >= 0.3 is 5.69 Å². The van der Waals surface area contributed by atoms with Crippen molar-refractivity contribution in [3.8, 4) is 0 Å². The molecule has 1 unspecified atom stereocenters. The van der Waals surface area contributed by atoms with Gasteiger partial charge in [-0.15, -0.1) is 0 Å². The number of piperidine rings is 1. The number of rotatable bonds is 2. The van der Waals surface area contributed by atoms with Crippen molar-refractivity contribution in [2.24, 2.45) is 0 Å². The zero-order valence-electron chi connectivity index (χ0n) is 10.1. The Hall–Kier alpha value is -1.62. The van der Waals surface area contributed by atoms with E-state index in [0.717, 1.165) is 18.5 Å². The molecule has 1 aliphatic heterocycles. The van der Waals surface area contributed by atoms with Gasteiger partial charge < -0.3 is 10.3 Å². The van der Waals surface area contributed by atoms with Crippen LogP contribution < -0.4 is 11.0 Å². The first kappa shape index (κ1) is 11.5. The van der Waals surface area contributed by atoms with Crippen molar-refractivity contribution in [2.45, 2.75) is 31.8 Å². The molecule has 1 aliphatic rings. The monoisotopic (exact) mass is 249 g/mol. The van der Waals surface area contributed by atoms with Gasteiger partial charge in [0.25, 0.3) is 0 Å². The predicted octanol–water partition coefficient (Wildman–Crippen LogP) is 1.61. The van der Waals surface area contributed by atoms with Crippen LogP contribution in [0.5, 0.6) is 0 Å². The molecule has 4 nitrogen and oxygen atoms in total. The molecule has 0 aliphatic carbocycles. The number of halogens is 1. The van der Waals surface area contributed by atoms with Gasteiger partial charge in [-0.05, 0) is 37.6 Å². The number of benzene rings is 1. The zero-order chi connectivity index (χ0) is 12.5. The maximum atomic E-state index is 13.1. The topological polar surface area (TPSA) is 49.8 Å². The number of aromatic nitrogens is 2. The second-order valence-electron chi connectivity index (χ2n) is 4.85. The molecule has 18 heavy (non-hydrogen) atoms. The van der Waals surface area contributed by atoms with E-state index in [-0.39, 0.29) is 11.5 Å². The summed E-state index contributed by atoms with van der Waals surface area (Å²) in [5.41, 5.74) is 1.17. The molecular formula is C13H16FN3O. The maximum Gasteiger partial charge on any atom is 0.326 e. The Morgan fingerprint density at radius 3 is 3.06 bits per heavy atom. The number of hydrogen-bond donors (Lipinski definition) is 2. The number of hydrogen-bond acceptors (Lipinski definition) is 2. The molecule has 1 fully saturated rings. The average molecular weight is 249 g/mol. The van der Waals surface area contributed by atoms with Crippen LogP contribution in [0, 0.1) is 5.82 Å². The van der Waals surface area contributed by atoms with E-state index in [9.17, 15) is 9.18 Å². The molecule has 0 amide bonds. The van der Waals surface area contributed by atoms with Crippen molar-refractivity contribution in [2.75, 3.05) is 6.54 Å². The van der Waals surface area contributed by atoms with Crippen molar-refractivity contribution >= 4 is 11.0 Å². The Labute approximate surface area is 104 Å². The van der Waals surface area contributed by atoms with Crippen molar-refractivity contribution in [1.82, 2.24) is 14.9 Å². The molecule has 1 aromatic heterocycles.